The van der Waals surface area contributed by atoms with Gasteiger partial charge in [-0.1, -0.05) is 11.6 Å². The Balaban J connectivity index is 2.04. The molecule has 1 aliphatic heterocycles. The number of halogens is 1. The monoisotopic (exact) mass is 270 g/mol. The fraction of sp³-hybridized carbons (Fsp3) is 0.500. The summed E-state index contributed by atoms with van der Waals surface area (Å²) < 4.78 is 10.5. The van der Waals surface area contributed by atoms with Gasteiger partial charge >= 0.3 is 6.09 Å². The van der Waals surface area contributed by atoms with Crippen LogP contribution in [0.1, 0.15) is 32.4 Å². The maximum Gasteiger partial charge on any atom is 0.408 e. The van der Waals surface area contributed by atoms with Gasteiger partial charge in [0.1, 0.15) is 17.4 Å². The maximum absolute atomic E-state index is 11.7. The second-order valence-electron chi connectivity index (χ2n) is 5.04. The van der Waals surface area contributed by atoms with Crippen molar-refractivity contribution in [3.05, 3.63) is 22.8 Å². The van der Waals surface area contributed by atoms with Crippen molar-refractivity contribution < 1.29 is 14.3 Å². The van der Waals surface area contributed by atoms with Crippen LogP contribution in [0.3, 0.4) is 0 Å². The minimum atomic E-state index is -0.523. The quantitative estimate of drug-likeness (QED) is 0.797. The number of carbonyl (C=O) groups excluding carboxylic acids is 1. The van der Waals surface area contributed by atoms with Crippen LogP contribution in [0.4, 0.5) is 4.79 Å². The number of aromatic nitrogens is 1. The molecule has 5 nitrogen and oxygen atoms in total. The standard InChI is InChI=1S/C12H15ClN2O3/c1-12(2,3)18-11(16)14-8-6-17-10-7(8)4-5-9(13)15-10/h4-5,8H,6H2,1-3H3,(H,14,16). The average Bonchev–Trinajstić information content (AvgIpc) is 2.57. The number of rotatable bonds is 1. The Hall–Kier alpha value is -1.49. The van der Waals surface area contributed by atoms with Gasteiger partial charge in [-0.2, -0.15) is 0 Å². The van der Waals surface area contributed by atoms with E-state index in [-0.39, 0.29) is 6.04 Å². The van der Waals surface area contributed by atoms with Crippen LogP contribution in [0.5, 0.6) is 5.88 Å². The lowest BCUT2D eigenvalue weighted by Crippen LogP contribution is -2.35. The lowest BCUT2D eigenvalue weighted by Gasteiger charge is -2.21. The molecule has 1 amide bonds. The number of amides is 1. The highest BCUT2D eigenvalue weighted by atomic mass is 35.5. The van der Waals surface area contributed by atoms with E-state index in [0.717, 1.165) is 5.56 Å². The smallest absolute Gasteiger partial charge is 0.408 e. The van der Waals surface area contributed by atoms with Gasteiger partial charge in [0.25, 0.3) is 0 Å². The highest BCUT2D eigenvalue weighted by Gasteiger charge is 2.28. The van der Waals surface area contributed by atoms with Crippen LogP contribution in [0, 0.1) is 0 Å². The Morgan fingerprint density at radius 3 is 2.94 bits per heavy atom. The molecule has 1 N–H and O–H groups in total. The number of hydrogen-bond acceptors (Lipinski definition) is 4. The van der Waals surface area contributed by atoms with Crippen molar-refractivity contribution in [2.45, 2.75) is 32.4 Å². The molecule has 1 unspecified atom stereocenters. The zero-order valence-electron chi connectivity index (χ0n) is 10.5. The van der Waals surface area contributed by atoms with E-state index >= 15 is 0 Å². The molecule has 0 saturated carbocycles. The molecule has 0 aromatic carbocycles. The SMILES string of the molecule is CC(C)(C)OC(=O)NC1COc2nc(Cl)ccc21. The second kappa shape index (κ2) is 4.65. The zero-order chi connectivity index (χ0) is 13.3. The fourth-order valence-electron chi connectivity index (χ4n) is 1.63. The Labute approximate surface area is 110 Å². The third-order valence-electron chi connectivity index (χ3n) is 2.31. The number of nitrogens with zero attached hydrogens (tertiary/aromatic N) is 1. The number of alkyl carbamates (subject to hydrolysis) is 1. The van der Waals surface area contributed by atoms with Gasteiger partial charge < -0.3 is 14.8 Å². The van der Waals surface area contributed by atoms with Gasteiger partial charge in [0, 0.05) is 5.56 Å². The van der Waals surface area contributed by atoms with Crippen LogP contribution < -0.4 is 10.1 Å². The molecule has 1 aromatic rings. The summed E-state index contributed by atoms with van der Waals surface area (Å²) in [6.45, 7) is 5.77. The largest absolute Gasteiger partial charge is 0.475 e. The summed E-state index contributed by atoms with van der Waals surface area (Å²) in [6, 6.07) is 3.21. The number of carbonyl (C=O) groups is 1. The van der Waals surface area contributed by atoms with E-state index < -0.39 is 11.7 Å². The summed E-state index contributed by atoms with van der Waals surface area (Å²) in [5, 5.41) is 3.11. The molecule has 0 radical (unpaired) electrons. The van der Waals surface area contributed by atoms with E-state index in [1.54, 1.807) is 12.1 Å². The van der Waals surface area contributed by atoms with Gasteiger partial charge in [-0.05, 0) is 32.9 Å². The first-order valence-corrected chi connectivity index (χ1v) is 6.02. The van der Waals surface area contributed by atoms with Crippen molar-refractivity contribution in [3.63, 3.8) is 0 Å². The molecule has 1 atom stereocenters. The summed E-state index contributed by atoms with van der Waals surface area (Å²) in [4.78, 5) is 15.7. The average molecular weight is 271 g/mol. The molecular formula is C12H15ClN2O3. The van der Waals surface area contributed by atoms with E-state index in [9.17, 15) is 4.79 Å². The van der Waals surface area contributed by atoms with Crippen molar-refractivity contribution >= 4 is 17.7 Å². The summed E-state index contributed by atoms with van der Waals surface area (Å²) in [5.41, 5.74) is 0.287. The minimum absolute atomic E-state index is 0.250. The van der Waals surface area contributed by atoms with Crippen molar-refractivity contribution in [2.75, 3.05) is 6.61 Å². The first-order valence-electron chi connectivity index (χ1n) is 5.64. The normalized spacial score (nSPS) is 17.9. The molecule has 0 spiro atoms. The molecule has 2 rings (SSSR count). The van der Waals surface area contributed by atoms with Crippen LogP contribution in [0.2, 0.25) is 5.15 Å². The second-order valence-corrected chi connectivity index (χ2v) is 5.43. The molecule has 0 aliphatic carbocycles. The lowest BCUT2D eigenvalue weighted by atomic mass is 10.1. The van der Waals surface area contributed by atoms with E-state index in [2.05, 4.69) is 10.3 Å². The topological polar surface area (TPSA) is 60.5 Å². The fourth-order valence-corrected chi connectivity index (χ4v) is 1.77. The number of ether oxygens (including phenoxy) is 2. The van der Waals surface area contributed by atoms with Crippen molar-refractivity contribution in [2.24, 2.45) is 0 Å². The molecule has 2 heterocycles. The highest BCUT2D eigenvalue weighted by Crippen LogP contribution is 2.31. The van der Waals surface area contributed by atoms with Gasteiger partial charge in [-0.3, -0.25) is 0 Å². The first-order chi connectivity index (χ1) is 8.35. The van der Waals surface area contributed by atoms with Crippen LogP contribution in [-0.2, 0) is 4.74 Å². The lowest BCUT2D eigenvalue weighted by molar-refractivity contribution is 0.0496. The molecule has 0 bridgehead atoms. The van der Waals surface area contributed by atoms with Crippen LogP contribution in [0.15, 0.2) is 12.1 Å². The molecule has 98 valence electrons. The zero-order valence-corrected chi connectivity index (χ0v) is 11.2. The van der Waals surface area contributed by atoms with Crippen LogP contribution in [0.25, 0.3) is 0 Å². The van der Waals surface area contributed by atoms with Gasteiger partial charge in [0.15, 0.2) is 0 Å². The predicted octanol–water partition coefficient (Wildman–Crippen LogP) is 2.69. The molecular weight excluding hydrogens is 256 g/mol. The predicted molar refractivity (Wildman–Crippen MR) is 66.9 cm³/mol. The van der Waals surface area contributed by atoms with Gasteiger partial charge in [-0.15, -0.1) is 0 Å². The number of pyridine rings is 1. The number of nitrogens with one attached hydrogen (secondary N) is 1. The number of hydrogen-bond donors (Lipinski definition) is 1. The first kappa shape index (κ1) is 13.0. The van der Waals surface area contributed by atoms with Crippen molar-refractivity contribution in [1.82, 2.24) is 10.3 Å². The summed E-state index contributed by atoms with van der Waals surface area (Å²) in [5.74, 6) is 0.462. The van der Waals surface area contributed by atoms with Crippen LogP contribution in [-0.4, -0.2) is 23.3 Å². The molecule has 18 heavy (non-hydrogen) atoms. The summed E-state index contributed by atoms with van der Waals surface area (Å²) in [6.07, 6.45) is -0.473. The molecule has 6 heteroatoms. The van der Waals surface area contributed by atoms with E-state index in [1.807, 2.05) is 20.8 Å². The Morgan fingerprint density at radius 2 is 2.28 bits per heavy atom. The van der Waals surface area contributed by atoms with E-state index in [4.69, 9.17) is 21.1 Å². The minimum Gasteiger partial charge on any atom is -0.475 e. The van der Waals surface area contributed by atoms with Gasteiger partial charge in [0.05, 0.1) is 6.04 Å². The third-order valence-corrected chi connectivity index (χ3v) is 2.52. The van der Waals surface area contributed by atoms with Crippen molar-refractivity contribution in [3.8, 4) is 5.88 Å². The summed E-state index contributed by atoms with van der Waals surface area (Å²) in [7, 11) is 0. The Kier molecular flexibility index (Phi) is 3.34. The molecule has 0 fully saturated rings. The van der Waals surface area contributed by atoms with Gasteiger partial charge in [-0.25, -0.2) is 9.78 Å². The highest BCUT2D eigenvalue weighted by molar-refractivity contribution is 6.29. The Morgan fingerprint density at radius 1 is 1.56 bits per heavy atom. The maximum atomic E-state index is 11.7. The summed E-state index contributed by atoms with van der Waals surface area (Å²) >= 11 is 5.76. The third kappa shape index (κ3) is 3.04. The molecule has 1 aliphatic rings. The molecule has 0 saturated heterocycles. The molecule has 1 aromatic heterocycles. The van der Waals surface area contributed by atoms with E-state index in [1.165, 1.54) is 0 Å². The van der Waals surface area contributed by atoms with Gasteiger partial charge in [0.2, 0.25) is 5.88 Å². The van der Waals surface area contributed by atoms with E-state index in [0.29, 0.717) is 17.6 Å². The van der Waals surface area contributed by atoms with Crippen molar-refractivity contribution in [1.29, 1.82) is 0 Å². The van der Waals surface area contributed by atoms with Crippen LogP contribution >= 0.6 is 11.6 Å². The number of fused-ring (bicyclic) bond motifs is 1. The Bertz CT molecular complexity index is 471.